The Bertz CT molecular complexity index is 2140. The van der Waals surface area contributed by atoms with Crippen LogP contribution in [0.2, 0.25) is 0 Å². The molecule has 0 N–H and O–H groups in total. The third kappa shape index (κ3) is 5.95. The first-order valence-corrected chi connectivity index (χ1v) is 16.2. The van der Waals surface area contributed by atoms with Crippen molar-refractivity contribution in [3.63, 3.8) is 0 Å². The van der Waals surface area contributed by atoms with Crippen LogP contribution in [-0.2, 0) is 10.8 Å². The number of fused-ring (bicyclic) bond motifs is 1. The van der Waals surface area contributed by atoms with Gasteiger partial charge in [-0.2, -0.15) is 5.26 Å². The molecule has 0 radical (unpaired) electrons. The summed E-state index contributed by atoms with van der Waals surface area (Å²) in [4.78, 5) is 19.1. The molecule has 0 atom stereocenters. The van der Waals surface area contributed by atoms with Crippen molar-refractivity contribution in [2.24, 2.45) is 0 Å². The number of aryl methyl sites for hydroxylation is 1. The van der Waals surface area contributed by atoms with E-state index >= 15 is 0 Å². The van der Waals surface area contributed by atoms with E-state index in [1.165, 1.54) is 29.5 Å². The lowest BCUT2D eigenvalue weighted by Crippen LogP contribution is -2.33. The van der Waals surface area contributed by atoms with E-state index < -0.39 is 0 Å². The molecule has 6 aromatic rings. The maximum Gasteiger partial charge on any atom is 0.164 e. The van der Waals surface area contributed by atoms with E-state index in [0.29, 0.717) is 23.2 Å². The molecule has 1 aliphatic carbocycles. The van der Waals surface area contributed by atoms with Gasteiger partial charge in [0.2, 0.25) is 0 Å². The largest absolute Gasteiger partial charge is 0.242 e. The van der Waals surface area contributed by atoms with Crippen LogP contribution in [0.3, 0.4) is 0 Å². The Hall–Kier alpha value is -5.47. The highest BCUT2D eigenvalue weighted by atomic mass is 15.0. The lowest BCUT2D eigenvalue weighted by molar-refractivity contribution is 0.332. The minimum absolute atomic E-state index is 0.147. The third-order valence-electron chi connectivity index (χ3n) is 9.54. The van der Waals surface area contributed by atoms with Gasteiger partial charge in [-0.15, -0.1) is 0 Å². The first-order chi connectivity index (χ1) is 22.6. The van der Waals surface area contributed by atoms with Gasteiger partial charge >= 0.3 is 0 Å². The molecule has 0 saturated carbocycles. The molecule has 2 aromatic heterocycles. The number of pyridine rings is 1. The standard InChI is InChI=1S/C42H37N5/c1-27-23-34(24-35(26-43)44-27)40-46-38(31-15-11-29(12-16-31)28-9-7-6-8-10-28)45-39(47-40)32-17-13-30(14-18-32)33-19-20-36-37(25-33)42(4,5)22-21-41(36,2)3/h6-20,23-25H,21-22H2,1-5H3. The summed E-state index contributed by atoms with van der Waals surface area (Å²) in [7, 11) is 0. The van der Waals surface area contributed by atoms with Crippen molar-refractivity contribution >= 4 is 0 Å². The molecule has 0 saturated heterocycles. The van der Waals surface area contributed by atoms with Crippen LogP contribution >= 0.6 is 0 Å². The number of rotatable bonds is 5. The zero-order valence-corrected chi connectivity index (χ0v) is 27.5. The molecule has 5 heteroatoms. The van der Waals surface area contributed by atoms with E-state index in [-0.39, 0.29) is 10.8 Å². The van der Waals surface area contributed by atoms with Crippen molar-refractivity contribution < 1.29 is 0 Å². The second kappa shape index (κ2) is 11.7. The van der Waals surface area contributed by atoms with Crippen LogP contribution < -0.4 is 0 Å². The fraction of sp³-hybridized carbons (Fsp3) is 0.214. The number of hydrogen-bond acceptors (Lipinski definition) is 5. The summed E-state index contributed by atoms with van der Waals surface area (Å²) in [6.07, 6.45) is 2.38. The second-order valence-electron chi connectivity index (χ2n) is 13.8. The summed E-state index contributed by atoms with van der Waals surface area (Å²) in [5.74, 6) is 1.65. The summed E-state index contributed by atoms with van der Waals surface area (Å²) >= 11 is 0. The van der Waals surface area contributed by atoms with Gasteiger partial charge in [-0.25, -0.2) is 19.9 Å². The summed E-state index contributed by atoms with van der Waals surface area (Å²) in [6.45, 7) is 11.3. The highest BCUT2D eigenvalue weighted by Gasteiger charge is 2.37. The van der Waals surface area contributed by atoms with Gasteiger partial charge < -0.3 is 0 Å². The monoisotopic (exact) mass is 611 g/mol. The molecule has 1 aliphatic rings. The van der Waals surface area contributed by atoms with Crippen LogP contribution in [-0.4, -0.2) is 19.9 Å². The fourth-order valence-electron chi connectivity index (χ4n) is 6.64. The van der Waals surface area contributed by atoms with Crippen LogP contribution in [0.5, 0.6) is 0 Å². The molecule has 0 amide bonds. The minimum Gasteiger partial charge on any atom is -0.242 e. The lowest BCUT2D eigenvalue weighted by atomic mass is 9.63. The first-order valence-electron chi connectivity index (χ1n) is 16.2. The zero-order chi connectivity index (χ0) is 32.8. The molecule has 5 nitrogen and oxygen atoms in total. The Labute approximate surface area is 277 Å². The zero-order valence-electron chi connectivity index (χ0n) is 27.5. The number of hydrogen-bond donors (Lipinski definition) is 0. The van der Waals surface area contributed by atoms with E-state index in [1.54, 1.807) is 6.07 Å². The predicted molar refractivity (Wildman–Crippen MR) is 190 cm³/mol. The van der Waals surface area contributed by atoms with E-state index in [2.05, 4.69) is 105 Å². The van der Waals surface area contributed by atoms with Crippen molar-refractivity contribution in [3.8, 4) is 62.5 Å². The van der Waals surface area contributed by atoms with Crippen molar-refractivity contribution in [3.05, 3.63) is 132 Å². The van der Waals surface area contributed by atoms with Crippen LogP contribution in [0.4, 0.5) is 0 Å². The molecule has 47 heavy (non-hydrogen) atoms. The Morgan fingerprint density at radius 2 is 0.957 bits per heavy atom. The Morgan fingerprint density at radius 3 is 1.53 bits per heavy atom. The van der Waals surface area contributed by atoms with Gasteiger partial charge in [-0.1, -0.05) is 125 Å². The Morgan fingerprint density at radius 1 is 0.489 bits per heavy atom. The highest BCUT2D eigenvalue weighted by molar-refractivity contribution is 5.73. The van der Waals surface area contributed by atoms with Crippen LogP contribution in [0, 0.1) is 18.3 Å². The fourth-order valence-corrected chi connectivity index (χ4v) is 6.64. The SMILES string of the molecule is Cc1cc(-c2nc(-c3ccc(-c4ccccc4)cc3)nc(-c3ccc(-c4ccc5c(c4)C(C)(C)CCC5(C)C)cc3)n2)cc(C#N)n1. The van der Waals surface area contributed by atoms with Gasteiger partial charge in [0.25, 0.3) is 0 Å². The number of aromatic nitrogens is 4. The summed E-state index contributed by atoms with van der Waals surface area (Å²) in [6, 6.07) is 39.8. The number of benzene rings is 4. The molecule has 2 heterocycles. The molecule has 4 aromatic carbocycles. The third-order valence-corrected chi connectivity index (χ3v) is 9.54. The highest BCUT2D eigenvalue weighted by Crippen LogP contribution is 2.46. The Kier molecular flexibility index (Phi) is 7.53. The average molecular weight is 612 g/mol. The van der Waals surface area contributed by atoms with Gasteiger partial charge in [0, 0.05) is 22.4 Å². The van der Waals surface area contributed by atoms with Crippen molar-refractivity contribution in [1.29, 1.82) is 5.26 Å². The smallest absolute Gasteiger partial charge is 0.164 e. The van der Waals surface area contributed by atoms with Gasteiger partial charge in [0.05, 0.1) is 0 Å². The molecule has 7 rings (SSSR count). The summed E-state index contributed by atoms with van der Waals surface area (Å²) < 4.78 is 0. The van der Waals surface area contributed by atoms with E-state index in [9.17, 15) is 5.26 Å². The van der Waals surface area contributed by atoms with Crippen LogP contribution in [0.25, 0.3) is 56.4 Å². The van der Waals surface area contributed by atoms with Crippen LogP contribution in [0.1, 0.15) is 63.1 Å². The topological polar surface area (TPSA) is 75.3 Å². The van der Waals surface area contributed by atoms with Gasteiger partial charge in [0.15, 0.2) is 17.5 Å². The molecule has 0 fully saturated rings. The van der Waals surface area contributed by atoms with Crippen molar-refractivity contribution in [2.75, 3.05) is 0 Å². The molecule has 0 aliphatic heterocycles. The van der Waals surface area contributed by atoms with E-state index in [4.69, 9.17) is 15.0 Å². The number of nitrogens with zero attached hydrogens (tertiary/aromatic N) is 5. The number of nitriles is 1. The molecule has 0 spiro atoms. The molecule has 230 valence electrons. The lowest BCUT2D eigenvalue weighted by Gasteiger charge is -2.42. The van der Waals surface area contributed by atoms with E-state index in [0.717, 1.165) is 39.1 Å². The average Bonchev–Trinajstić information content (AvgIpc) is 3.10. The molecule has 0 bridgehead atoms. The molecule has 0 unspecified atom stereocenters. The molecular weight excluding hydrogens is 574 g/mol. The summed E-state index contributed by atoms with van der Waals surface area (Å²) in [5.41, 5.74) is 11.5. The minimum atomic E-state index is 0.147. The second-order valence-corrected chi connectivity index (χ2v) is 13.8. The van der Waals surface area contributed by atoms with Gasteiger partial charge in [0.1, 0.15) is 11.8 Å². The van der Waals surface area contributed by atoms with Crippen LogP contribution in [0.15, 0.2) is 109 Å². The van der Waals surface area contributed by atoms with Gasteiger partial charge in [-0.05, 0) is 76.1 Å². The summed E-state index contributed by atoms with van der Waals surface area (Å²) in [5, 5.41) is 9.59. The predicted octanol–water partition coefficient (Wildman–Crippen LogP) is 10.1. The quantitative estimate of drug-likeness (QED) is 0.194. The van der Waals surface area contributed by atoms with E-state index in [1.807, 2.05) is 43.3 Å². The first kappa shape index (κ1) is 30.2. The normalized spacial score (nSPS) is 14.6. The van der Waals surface area contributed by atoms with Crippen molar-refractivity contribution in [2.45, 2.75) is 58.3 Å². The maximum atomic E-state index is 9.59. The molecular formula is C42H37N5. The maximum absolute atomic E-state index is 9.59. The van der Waals surface area contributed by atoms with Crippen molar-refractivity contribution in [1.82, 2.24) is 19.9 Å². The van der Waals surface area contributed by atoms with Gasteiger partial charge in [-0.3, -0.25) is 0 Å². The Balaban J connectivity index is 1.29.